The Balaban J connectivity index is 1.44. The number of hydrogen-bond donors (Lipinski definition) is 0. The van der Waals surface area contributed by atoms with Gasteiger partial charge in [-0.3, -0.25) is 9.36 Å². The van der Waals surface area contributed by atoms with Crippen molar-refractivity contribution >= 4 is 22.6 Å². The predicted molar refractivity (Wildman–Crippen MR) is 110 cm³/mol. The fourth-order valence-corrected chi connectivity index (χ4v) is 3.48. The summed E-state index contributed by atoms with van der Waals surface area (Å²) in [6.07, 6.45) is 5.67. The number of nitrogens with zero attached hydrogens (tertiary/aromatic N) is 5. The summed E-state index contributed by atoms with van der Waals surface area (Å²) in [4.78, 5) is 25.3. The molecule has 0 unspecified atom stereocenters. The number of benzene rings is 1. The normalized spacial score (nSPS) is 12.3. The van der Waals surface area contributed by atoms with E-state index < -0.39 is 0 Å². The highest BCUT2D eigenvalue weighted by Crippen LogP contribution is 2.25. The first-order valence-corrected chi connectivity index (χ1v) is 9.89. The molecule has 3 aromatic heterocycles. The molecule has 4 aromatic rings. The zero-order valence-electron chi connectivity index (χ0n) is 16.0. The second kappa shape index (κ2) is 8.53. The first-order chi connectivity index (χ1) is 14.1. The smallest absolute Gasteiger partial charge is 0.263 e. The van der Waals surface area contributed by atoms with Gasteiger partial charge >= 0.3 is 0 Å². The molecule has 0 saturated heterocycles. The van der Waals surface area contributed by atoms with Crippen molar-refractivity contribution in [2.45, 2.75) is 38.6 Å². The van der Waals surface area contributed by atoms with Crippen LogP contribution in [0.4, 0.5) is 0 Å². The van der Waals surface area contributed by atoms with Crippen molar-refractivity contribution in [3.8, 4) is 0 Å². The molecule has 1 atom stereocenters. The van der Waals surface area contributed by atoms with Gasteiger partial charge in [0.25, 0.3) is 5.56 Å². The standard InChI is InChI=1S/C21H20ClN5O2/c1-2-14(15-5-8-16(22)9-6-15)7-10-18-25-19(29-26-18)12-27-13-24-20-17(21(27)28)4-3-11-23-20/h3-6,8-9,11,13-14H,2,7,10,12H2,1H3/t14-/m0/s1. The van der Waals surface area contributed by atoms with Crippen LogP contribution in [0.25, 0.3) is 11.0 Å². The van der Waals surface area contributed by atoms with E-state index in [1.165, 1.54) is 16.5 Å². The van der Waals surface area contributed by atoms with Crippen LogP contribution >= 0.6 is 11.6 Å². The van der Waals surface area contributed by atoms with Crippen molar-refractivity contribution < 1.29 is 4.52 Å². The molecule has 0 amide bonds. The van der Waals surface area contributed by atoms with Crippen LogP contribution in [0.2, 0.25) is 5.02 Å². The number of aryl methyl sites for hydroxylation is 1. The van der Waals surface area contributed by atoms with E-state index in [1.807, 2.05) is 12.1 Å². The van der Waals surface area contributed by atoms with E-state index in [0.717, 1.165) is 17.9 Å². The zero-order chi connectivity index (χ0) is 20.2. The lowest BCUT2D eigenvalue weighted by molar-refractivity contribution is 0.363. The fraction of sp³-hybridized carbons (Fsp3) is 0.286. The largest absolute Gasteiger partial charge is 0.337 e. The van der Waals surface area contributed by atoms with E-state index >= 15 is 0 Å². The third-order valence-corrected chi connectivity index (χ3v) is 5.22. The third-order valence-electron chi connectivity index (χ3n) is 4.96. The molecule has 8 heteroatoms. The van der Waals surface area contributed by atoms with E-state index in [0.29, 0.717) is 35.1 Å². The third kappa shape index (κ3) is 4.35. The number of hydrogen-bond acceptors (Lipinski definition) is 6. The average molecular weight is 410 g/mol. The Hall–Kier alpha value is -3.06. The maximum atomic E-state index is 12.6. The fourth-order valence-electron chi connectivity index (χ4n) is 3.36. The quantitative estimate of drug-likeness (QED) is 0.458. The van der Waals surface area contributed by atoms with Gasteiger partial charge in [0, 0.05) is 17.6 Å². The van der Waals surface area contributed by atoms with E-state index in [1.54, 1.807) is 18.3 Å². The van der Waals surface area contributed by atoms with Crippen LogP contribution in [0.5, 0.6) is 0 Å². The van der Waals surface area contributed by atoms with Gasteiger partial charge in [-0.25, -0.2) is 9.97 Å². The summed E-state index contributed by atoms with van der Waals surface area (Å²) in [5.74, 6) is 1.41. The van der Waals surface area contributed by atoms with Crippen molar-refractivity contribution in [3.05, 3.63) is 81.6 Å². The molecule has 29 heavy (non-hydrogen) atoms. The minimum Gasteiger partial charge on any atom is -0.337 e. The van der Waals surface area contributed by atoms with Gasteiger partial charge in [0.2, 0.25) is 5.89 Å². The van der Waals surface area contributed by atoms with Gasteiger partial charge in [-0.05, 0) is 48.6 Å². The van der Waals surface area contributed by atoms with Crippen LogP contribution in [0, 0.1) is 0 Å². The van der Waals surface area contributed by atoms with Crippen LogP contribution in [-0.2, 0) is 13.0 Å². The maximum absolute atomic E-state index is 12.6. The van der Waals surface area contributed by atoms with Gasteiger partial charge in [-0.1, -0.05) is 35.8 Å². The van der Waals surface area contributed by atoms with E-state index in [9.17, 15) is 4.79 Å². The molecule has 0 N–H and O–H groups in total. The van der Waals surface area contributed by atoms with Crippen LogP contribution in [0.1, 0.15) is 43.0 Å². The van der Waals surface area contributed by atoms with E-state index in [-0.39, 0.29) is 12.1 Å². The van der Waals surface area contributed by atoms with Crippen molar-refractivity contribution in [1.29, 1.82) is 0 Å². The average Bonchev–Trinajstić information content (AvgIpc) is 3.19. The van der Waals surface area contributed by atoms with Gasteiger partial charge in [-0.2, -0.15) is 4.98 Å². The van der Waals surface area contributed by atoms with Gasteiger partial charge in [0.05, 0.1) is 5.39 Å². The summed E-state index contributed by atoms with van der Waals surface area (Å²) in [5, 5.41) is 5.26. The van der Waals surface area contributed by atoms with E-state index in [4.69, 9.17) is 16.1 Å². The molecule has 0 spiro atoms. The minimum absolute atomic E-state index is 0.179. The Morgan fingerprint density at radius 3 is 2.79 bits per heavy atom. The Morgan fingerprint density at radius 1 is 1.17 bits per heavy atom. The van der Waals surface area contributed by atoms with Crippen molar-refractivity contribution in [1.82, 2.24) is 24.7 Å². The van der Waals surface area contributed by atoms with Gasteiger partial charge in [0.15, 0.2) is 11.5 Å². The van der Waals surface area contributed by atoms with Gasteiger partial charge in [-0.15, -0.1) is 0 Å². The molecule has 148 valence electrons. The lowest BCUT2D eigenvalue weighted by atomic mass is 9.92. The van der Waals surface area contributed by atoms with Crippen LogP contribution in [-0.4, -0.2) is 24.7 Å². The van der Waals surface area contributed by atoms with Crippen LogP contribution in [0.15, 0.2) is 58.2 Å². The Bertz CT molecular complexity index is 1170. The summed E-state index contributed by atoms with van der Waals surface area (Å²) in [7, 11) is 0. The van der Waals surface area contributed by atoms with Crippen LogP contribution < -0.4 is 5.56 Å². The molecule has 0 saturated carbocycles. The van der Waals surface area contributed by atoms with Crippen molar-refractivity contribution in [2.24, 2.45) is 0 Å². The number of fused-ring (bicyclic) bond motifs is 1. The number of rotatable bonds is 7. The lowest BCUT2D eigenvalue weighted by Crippen LogP contribution is -2.21. The van der Waals surface area contributed by atoms with E-state index in [2.05, 4.69) is 39.2 Å². The predicted octanol–water partition coefficient (Wildman–Crippen LogP) is 4.00. The molecule has 3 heterocycles. The highest BCUT2D eigenvalue weighted by Gasteiger charge is 2.14. The molecule has 1 aromatic carbocycles. The van der Waals surface area contributed by atoms with Crippen molar-refractivity contribution in [3.63, 3.8) is 0 Å². The zero-order valence-corrected chi connectivity index (χ0v) is 16.7. The molecule has 0 bridgehead atoms. The highest BCUT2D eigenvalue weighted by atomic mass is 35.5. The summed E-state index contributed by atoms with van der Waals surface area (Å²) >= 11 is 5.98. The molecule has 0 radical (unpaired) electrons. The second-order valence-electron chi connectivity index (χ2n) is 6.85. The second-order valence-corrected chi connectivity index (χ2v) is 7.29. The number of aromatic nitrogens is 5. The molecule has 0 aliphatic carbocycles. The first-order valence-electron chi connectivity index (χ1n) is 9.51. The number of pyridine rings is 1. The molecule has 0 fully saturated rings. The number of halogens is 1. The molecule has 0 aliphatic heterocycles. The Morgan fingerprint density at radius 2 is 2.00 bits per heavy atom. The minimum atomic E-state index is -0.184. The highest BCUT2D eigenvalue weighted by molar-refractivity contribution is 6.30. The molecular weight excluding hydrogens is 390 g/mol. The summed E-state index contributed by atoms with van der Waals surface area (Å²) in [5.41, 5.74) is 1.49. The topological polar surface area (TPSA) is 86.7 Å². The summed E-state index contributed by atoms with van der Waals surface area (Å²) in [6.45, 7) is 2.34. The first kappa shape index (κ1) is 19.3. The maximum Gasteiger partial charge on any atom is 0.263 e. The van der Waals surface area contributed by atoms with Crippen molar-refractivity contribution in [2.75, 3.05) is 0 Å². The van der Waals surface area contributed by atoms with Gasteiger partial charge in [0.1, 0.15) is 12.9 Å². The lowest BCUT2D eigenvalue weighted by Gasteiger charge is -2.14. The molecular formula is C21H20ClN5O2. The molecule has 7 nitrogen and oxygen atoms in total. The Kier molecular flexibility index (Phi) is 5.67. The molecule has 0 aliphatic rings. The van der Waals surface area contributed by atoms with Crippen LogP contribution in [0.3, 0.4) is 0 Å². The summed E-state index contributed by atoms with van der Waals surface area (Å²) in [6, 6.07) is 11.4. The SMILES string of the molecule is CC[C@@H](CCc1noc(Cn2cnc3ncccc3c2=O)n1)c1ccc(Cl)cc1. The monoisotopic (exact) mass is 409 g/mol. The van der Waals surface area contributed by atoms with Gasteiger partial charge < -0.3 is 4.52 Å². The molecule has 4 rings (SSSR count). The Labute approximate surface area is 172 Å². The summed E-state index contributed by atoms with van der Waals surface area (Å²) < 4.78 is 6.79.